The molecule has 0 amide bonds. The van der Waals surface area contributed by atoms with Crippen molar-refractivity contribution in [1.29, 1.82) is 0 Å². The molecule has 0 bridgehead atoms. The van der Waals surface area contributed by atoms with E-state index in [1.54, 1.807) is 36.5 Å². The van der Waals surface area contributed by atoms with E-state index < -0.39 is 5.97 Å². The molecule has 0 saturated heterocycles. The lowest BCUT2D eigenvalue weighted by Crippen LogP contribution is -2.09. The first-order chi connectivity index (χ1) is 11.6. The van der Waals surface area contributed by atoms with Gasteiger partial charge in [0, 0.05) is 22.7 Å². The molecule has 2 aromatic carbocycles. The van der Waals surface area contributed by atoms with Crippen LogP contribution in [-0.4, -0.2) is 28.4 Å². The Morgan fingerprint density at radius 1 is 1.08 bits per heavy atom. The summed E-state index contributed by atoms with van der Waals surface area (Å²) < 4.78 is 5.06. The van der Waals surface area contributed by atoms with Crippen LogP contribution in [0, 0.1) is 0 Å². The molecule has 3 rings (SSSR count). The number of allylic oxidation sites excluding steroid dienone is 1. The van der Waals surface area contributed by atoms with Crippen molar-refractivity contribution in [3.63, 3.8) is 0 Å². The maximum atomic E-state index is 12.3. The number of hydrogen-bond donors (Lipinski definition) is 2. The summed E-state index contributed by atoms with van der Waals surface area (Å²) in [4.78, 5) is 25.9. The lowest BCUT2D eigenvalue weighted by atomic mass is 10.1. The summed E-state index contributed by atoms with van der Waals surface area (Å²) in [6.07, 6.45) is 4.94. The van der Waals surface area contributed by atoms with E-state index in [9.17, 15) is 9.59 Å². The monoisotopic (exact) mass is 321 g/mol. The third-order valence-corrected chi connectivity index (χ3v) is 3.52. The average molecular weight is 321 g/mol. The van der Waals surface area contributed by atoms with Crippen LogP contribution in [0.25, 0.3) is 17.0 Å². The lowest BCUT2D eigenvalue weighted by Gasteiger charge is -2.02. The number of carbonyl (C=O) groups excluding carboxylic acids is 1. The quantitative estimate of drug-likeness (QED) is 0.538. The summed E-state index contributed by atoms with van der Waals surface area (Å²) in [7, 11) is 0. The van der Waals surface area contributed by atoms with Crippen molar-refractivity contribution in [3.05, 3.63) is 71.9 Å². The number of H-pyrrole nitrogens is 1. The molecule has 0 saturated carbocycles. The third kappa shape index (κ3) is 3.52. The number of aromatic nitrogens is 1. The summed E-state index contributed by atoms with van der Waals surface area (Å²) in [6, 6.07) is 14.5. The van der Waals surface area contributed by atoms with Gasteiger partial charge in [0.05, 0.1) is 0 Å². The number of carboxylic acid groups (broad SMARTS) is 1. The summed E-state index contributed by atoms with van der Waals surface area (Å²) in [6.45, 7) is -0.381. The molecule has 0 aliphatic carbocycles. The van der Waals surface area contributed by atoms with Crippen molar-refractivity contribution in [1.82, 2.24) is 4.98 Å². The molecule has 0 unspecified atom stereocenters. The van der Waals surface area contributed by atoms with Crippen LogP contribution in [0.1, 0.15) is 15.9 Å². The molecule has 0 atom stereocenters. The zero-order valence-electron chi connectivity index (χ0n) is 12.7. The highest BCUT2D eigenvalue weighted by Gasteiger charge is 2.08. The number of hydrogen-bond acceptors (Lipinski definition) is 3. The fourth-order valence-corrected chi connectivity index (χ4v) is 2.36. The second-order valence-electron chi connectivity index (χ2n) is 5.20. The standard InChI is InChI=1S/C19H15NO4/c21-18(16-11-20-17-4-2-1-3-15(16)17)10-7-13-5-8-14(9-6-13)24-12-19(22)23/h1-11,20H,12H2,(H,22,23)/b10-7+. The predicted octanol–water partition coefficient (Wildman–Crippen LogP) is 3.53. The van der Waals surface area contributed by atoms with Gasteiger partial charge in [-0.15, -0.1) is 0 Å². The zero-order valence-corrected chi connectivity index (χ0v) is 12.7. The second kappa shape index (κ2) is 6.83. The van der Waals surface area contributed by atoms with Crippen LogP contribution in [0.2, 0.25) is 0 Å². The maximum absolute atomic E-state index is 12.3. The molecule has 0 aliphatic rings. The van der Waals surface area contributed by atoms with Crippen LogP contribution in [0.4, 0.5) is 0 Å². The van der Waals surface area contributed by atoms with E-state index in [0.717, 1.165) is 16.5 Å². The molecule has 0 radical (unpaired) electrons. The van der Waals surface area contributed by atoms with E-state index in [0.29, 0.717) is 11.3 Å². The molecule has 24 heavy (non-hydrogen) atoms. The van der Waals surface area contributed by atoms with E-state index in [2.05, 4.69) is 4.98 Å². The Hall–Kier alpha value is -3.34. The topological polar surface area (TPSA) is 79.4 Å². The van der Waals surface area contributed by atoms with E-state index in [1.807, 2.05) is 24.3 Å². The van der Waals surface area contributed by atoms with E-state index in [-0.39, 0.29) is 12.4 Å². The number of carboxylic acids is 1. The van der Waals surface area contributed by atoms with E-state index in [4.69, 9.17) is 9.84 Å². The van der Waals surface area contributed by atoms with Crippen LogP contribution >= 0.6 is 0 Å². The minimum Gasteiger partial charge on any atom is -0.482 e. The van der Waals surface area contributed by atoms with Crippen LogP contribution in [0.3, 0.4) is 0 Å². The fourth-order valence-electron chi connectivity index (χ4n) is 2.36. The predicted molar refractivity (Wildman–Crippen MR) is 91.2 cm³/mol. The number of aromatic amines is 1. The SMILES string of the molecule is O=C(O)COc1ccc(/C=C/C(=O)c2c[nH]c3ccccc23)cc1. The van der Waals surface area contributed by atoms with Crippen LogP contribution < -0.4 is 4.74 Å². The molecule has 0 spiro atoms. The number of fused-ring (bicyclic) bond motifs is 1. The molecular formula is C19H15NO4. The molecule has 120 valence electrons. The molecule has 3 aromatic rings. The molecule has 5 nitrogen and oxygen atoms in total. The van der Waals surface area contributed by atoms with E-state index >= 15 is 0 Å². The third-order valence-electron chi connectivity index (χ3n) is 3.52. The number of ketones is 1. The molecule has 1 aromatic heterocycles. The fraction of sp³-hybridized carbons (Fsp3) is 0.0526. The molecule has 0 aliphatic heterocycles. The Balaban J connectivity index is 1.71. The van der Waals surface area contributed by atoms with Crippen LogP contribution in [0.15, 0.2) is 60.8 Å². The highest BCUT2D eigenvalue weighted by Crippen LogP contribution is 2.19. The van der Waals surface area contributed by atoms with Gasteiger partial charge in [-0.3, -0.25) is 4.79 Å². The minimum atomic E-state index is -1.02. The number of para-hydroxylation sites is 1. The normalized spacial score (nSPS) is 11.0. The highest BCUT2D eigenvalue weighted by molar-refractivity contribution is 6.14. The molecule has 0 fully saturated rings. The van der Waals surface area contributed by atoms with Gasteiger partial charge in [0.1, 0.15) is 5.75 Å². The van der Waals surface area contributed by atoms with Gasteiger partial charge in [-0.25, -0.2) is 4.79 Å². The van der Waals surface area contributed by atoms with Gasteiger partial charge in [-0.05, 0) is 29.8 Å². The average Bonchev–Trinajstić information content (AvgIpc) is 3.03. The number of nitrogens with one attached hydrogen (secondary N) is 1. The van der Waals surface area contributed by atoms with Gasteiger partial charge in [0.25, 0.3) is 0 Å². The van der Waals surface area contributed by atoms with Crippen molar-refractivity contribution in [2.24, 2.45) is 0 Å². The summed E-state index contributed by atoms with van der Waals surface area (Å²) in [5.41, 5.74) is 2.38. The lowest BCUT2D eigenvalue weighted by molar-refractivity contribution is -0.139. The van der Waals surface area contributed by atoms with Gasteiger partial charge in [0.15, 0.2) is 12.4 Å². The van der Waals surface area contributed by atoms with Gasteiger partial charge < -0.3 is 14.8 Å². The smallest absolute Gasteiger partial charge is 0.341 e. The Labute approximate surface area is 138 Å². The van der Waals surface area contributed by atoms with Crippen molar-refractivity contribution in [3.8, 4) is 5.75 Å². The number of aliphatic carboxylic acids is 1. The van der Waals surface area contributed by atoms with Gasteiger partial charge in [-0.1, -0.05) is 36.4 Å². The number of carbonyl (C=O) groups is 2. The Bertz CT molecular complexity index is 907. The second-order valence-corrected chi connectivity index (χ2v) is 5.20. The number of benzene rings is 2. The molecular weight excluding hydrogens is 306 g/mol. The molecule has 5 heteroatoms. The van der Waals surface area contributed by atoms with Crippen LogP contribution in [0.5, 0.6) is 5.75 Å². The molecule has 2 N–H and O–H groups in total. The van der Waals surface area contributed by atoms with Crippen molar-refractivity contribution in [2.45, 2.75) is 0 Å². The zero-order chi connectivity index (χ0) is 16.9. The summed E-state index contributed by atoms with van der Waals surface area (Å²) in [5, 5.41) is 9.46. The van der Waals surface area contributed by atoms with Crippen molar-refractivity contribution < 1.29 is 19.4 Å². The Morgan fingerprint density at radius 3 is 2.58 bits per heavy atom. The highest BCUT2D eigenvalue weighted by atomic mass is 16.5. The van der Waals surface area contributed by atoms with Crippen LogP contribution in [-0.2, 0) is 4.79 Å². The first kappa shape index (κ1) is 15.6. The first-order valence-corrected chi connectivity index (χ1v) is 7.36. The van der Waals surface area contributed by atoms with Crippen molar-refractivity contribution in [2.75, 3.05) is 6.61 Å². The molecule has 1 heterocycles. The van der Waals surface area contributed by atoms with Gasteiger partial charge >= 0.3 is 5.97 Å². The number of rotatable bonds is 6. The summed E-state index contributed by atoms with van der Waals surface area (Å²) in [5.74, 6) is -0.639. The largest absolute Gasteiger partial charge is 0.482 e. The Morgan fingerprint density at radius 2 is 1.83 bits per heavy atom. The van der Waals surface area contributed by atoms with E-state index in [1.165, 1.54) is 6.08 Å². The first-order valence-electron chi connectivity index (χ1n) is 7.36. The minimum absolute atomic E-state index is 0.0846. The maximum Gasteiger partial charge on any atom is 0.341 e. The van der Waals surface area contributed by atoms with Gasteiger partial charge in [0.2, 0.25) is 0 Å². The number of ether oxygens (including phenoxy) is 1. The Kier molecular flexibility index (Phi) is 4.43. The van der Waals surface area contributed by atoms with Crippen molar-refractivity contribution >= 4 is 28.7 Å². The summed E-state index contributed by atoms with van der Waals surface area (Å²) >= 11 is 0. The van der Waals surface area contributed by atoms with Gasteiger partial charge in [-0.2, -0.15) is 0 Å².